The lowest BCUT2D eigenvalue weighted by atomic mass is 10.2. The largest absolute Gasteiger partial charge is 0.469 e. The van der Waals surface area contributed by atoms with Crippen molar-refractivity contribution in [2.24, 2.45) is 5.73 Å². The first-order chi connectivity index (χ1) is 9.30. The minimum Gasteiger partial charge on any atom is -0.469 e. The van der Waals surface area contributed by atoms with Crippen molar-refractivity contribution in [1.29, 1.82) is 0 Å². The fourth-order valence-corrected chi connectivity index (χ4v) is 3.15. The molecule has 0 bridgehead atoms. The van der Waals surface area contributed by atoms with Gasteiger partial charge in [0.1, 0.15) is 4.99 Å². The van der Waals surface area contributed by atoms with Crippen LogP contribution in [0.5, 0.6) is 0 Å². The summed E-state index contributed by atoms with van der Waals surface area (Å²) < 4.78 is 30.4. The van der Waals surface area contributed by atoms with Gasteiger partial charge in [-0.2, -0.15) is 0 Å². The smallest absolute Gasteiger partial charge is 0.306 e. The van der Waals surface area contributed by atoms with Crippen molar-refractivity contribution in [1.82, 2.24) is 4.31 Å². The van der Waals surface area contributed by atoms with Crippen molar-refractivity contribution in [3.8, 4) is 0 Å². The Morgan fingerprint density at radius 2 is 2.00 bits per heavy atom. The molecule has 2 N–H and O–H groups in total. The molecule has 1 aromatic carbocycles. The molecule has 0 aliphatic carbocycles. The van der Waals surface area contributed by atoms with Crippen LogP contribution in [0.4, 0.5) is 0 Å². The van der Waals surface area contributed by atoms with Crippen LogP contribution in [0.2, 0.25) is 0 Å². The van der Waals surface area contributed by atoms with Crippen LogP contribution in [0.3, 0.4) is 0 Å². The second-order valence-electron chi connectivity index (χ2n) is 4.01. The first-order valence-electron chi connectivity index (χ1n) is 5.72. The molecule has 0 aliphatic rings. The van der Waals surface area contributed by atoms with E-state index in [9.17, 15) is 13.2 Å². The molecule has 0 aromatic heterocycles. The molecular formula is C12H16N2O4S2. The van der Waals surface area contributed by atoms with E-state index < -0.39 is 16.0 Å². The highest BCUT2D eigenvalue weighted by molar-refractivity contribution is 7.89. The second-order valence-corrected chi connectivity index (χ2v) is 6.47. The van der Waals surface area contributed by atoms with Gasteiger partial charge >= 0.3 is 5.97 Å². The normalized spacial score (nSPS) is 11.3. The number of rotatable bonds is 6. The van der Waals surface area contributed by atoms with Crippen molar-refractivity contribution in [2.45, 2.75) is 11.3 Å². The van der Waals surface area contributed by atoms with Crippen LogP contribution in [0, 0.1) is 0 Å². The van der Waals surface area contributed by atoms with E-state index in [-0.39, 0.29) is 28.4 Å². The standard InChI is InChI=1S/C12H16N2O4S2/c1-14(8-7-11(15)18-2)20(16,17)10-6-4-3-5-9(10)12(13)19/h3-6H,7-8H2,1-2H3,(H2,13,19). The number of sulfonamides is 1. The monoisotopic (exact) mass is 316 g/mol. The summed E-state index contributed by atoms with van der Waals surface area (Å²) in [5.41, 5.74) is 5.81. The molecule has 6 nitrogen and oxygen atoms in total. The van der Waals surface area contributed by atoms with Crippen LogP contribution >= 0.6 is 12.2 Å². The SMILES string of the molecule is COC(=O)CCN(C)S(=O)(=O)c1ccccc1C(N)=S. The summed E-state index contributed by atoms with van der Waals surface area (Å²) in [6.45, 7) is 0.0146. The van der Waals surface area contributed by atoms with E-state index in [1.165, 1.54) is 20.2 Å². The molecule has 110 valence electrons. The van der Waals surface area contributed by atoms with Gasteiger partial charge in [-0.1, -0.05) is 30.4 Å². The molecule has 1 rings (SSSR count). The van der Waals surface area contributed by atoms with Gasteiger partial charge in [0.25, 0.3) is 0 Å². The summed E-state index contributed by atoms with van der Waals surface area (Å²) in [6, 6.07) is 6.21. The minimum absolute atomic E-state index is 0.00513. The van der Waals surface area contributed by atoms with Crippen molar-refractivity contribution in [3.05, 3.63) is 29.8 Å². The van der Waals surface area contributed by atoms with Crippen molar-refractivity contribution >= 4 is 33.2 Å². The van der Waals surface area contributed by atoms with E-state index in [4.69, 9.17) is 18.0 Å². The molecule has 0 heterocycles. The fraction of sp³-hybridized carbons (Fsp3) is 0.333. The van der Waals surface area contributed by atoms with Gasteiger partial charge in [0.05, 0.1) is 18.4 Å². The zero-order chi connectivity index (χ0) is 15.3. The number of nitrogens with zero attached hydrogens (tertiary/aromatic N) is 1. The van der Waals surface area contributed by atoms with E-state index in [0.717, 1.165) is 4.31 Å². The lowest BCUT2D eigenvalue weighted by molar-refractivity contribution is -0.140. The zero-order valence-electron chi connectivity index (χ0n) is 11.2. The summed E-state index contributed by atoms with van der Waals surface area (Å²) in [7, 11) is -1.13. The molecule has 0 aliphatic heterocycles. The molecule has 0 atom stereocenters. The number of esters is 1. The molecule has 20 heavy (non-hydrogen) atoms. The summed E-state index contributed by atoms with van der Waals surface area (Å²) in [6.07, 6.45) is -0.0263. The number of hydrogen-bond acceptors (Lipinski definition) is 5. The Kier molecular flexibility index (Phi) is 5.61. The maximum Gasteiger partial charge on any atom is 0.306 e. The van der Waals surface area contributed by atoms with Crippen LogP contribution in [-0.4, -0.2) is 44.4 Å². The molecular weight excluding hydrogens is 300 g/mol. The summed E-state index contributed by atoms with van der Waals surface area (Å²) in [5.74, 6) is -0.477. The maximum atomic E-state index is 12.4. The van der Waals surface area contributed by atoms with E-state index >= 15 is 0 Å². The first kappa shape index (κ1) is 16.5. The van der Waals surface area contributed by atoms with Gasteiger partial charge in [0, 0.05) is 19.2 Å². The summed E-state index contributed by atoms with van der Waals surface area (Å²) in [4.78, 5) is 11.1. The van der Waals surface area contributed by atoms with E-state index in [1.807, 2.05) is 0 Å². The van der Waals surface area contributed by atoms with Gasteiger partial charge in [-0.3, -0.25) is 4.79 Å². The lowest BCUT2D eigenvalue weighted by Crippen LogP contribution is -2.31. The van der Waals surface area contributed by atoms with Gasteiger partial charge in [-0.05, 0) is 6.07 Å². The molecule has 0 saturated carbocycles. The van der Waals surface area contributed by atoms with Crippen molar-refractivity contribution < 1.29 is 17.9 Å². The number of carbonyl (C=O) groups is 1. The number of benzene rings is 1. The van der Waals surface area contributed by atoms with Crippen molar-refractivity contribution in [3.63, 3.8) is 0 Å². The first-order valence-corrected chi connectivity index (χ1v) is 7.57. The van der Waals surface area contributed by atoms with Crippen LogP contribution < -0.4 is 5.73 Å². The maximum absolute atomic E-state index is 12.4. The van der Waals surface area contributed by atoms with Crippen LogP contribution in [-0.2, 0) is 19.6 Å². The Labute approximate surface area is 123 Å². The Balaban J connectivity index is 3.05. The molecule has 0 amide bonds. The van der Waals surface area contributed by atoms with Gasteiger partial charge in [-0.15, -0.1) is 0 Å². The highest BCUT2D eigenvalue weighted by Gasteiger charge is 2.24. The average molecular weight is 316 g/mol. The van der Waals surface area contributed by atoms with E-state index in [2.05, 4.69) is 4.74 Å². The Bertz CT molecular complexity index is 614. The Morgan fingerprint density at radius 3 is 2.55 bits per heavy atom. The highest BCUT2D eigenvalue weighted by atomic mass is 32.2. The molecule has 0 fully saturated rings. The predicted octanol–water partition coefficient (Wildman–Crippen LogP) is 0.504. The predicted molar refractivity (Wildman–Crippen MR) is 78.8 cm³/mol. The molecule has 0 radical (unpaired) electrons. The number of carbonyl (C=O) groups excluding carboxylic acids is 1. The number of hydrogen-bond donors (Lipinski definition) is 1. The molecule has 0 saturated heterocycles. The van der Waals surface area contributed by atoms with Gasteiger partial charge in [0.2, 0.25) is 10.0 Å². The third-order valence-corrected chi connectivity index (χ3v) is 4.83. The van der Waals surface area contributed by atoms with Gasteiger partial charge < -0.3 is 10.5 Å². The molecule has 8 heteroatoms. The van der Waals surface area contributed by atoms with Crippen LogP contribution in [0.15, 0.2) is 29.2 Å². The minimum atomic E-state index is -3.76. The third kappa shape index (κ3) is 3.75. The topological polar surface area (TPSA) is 89.7 Å². The number of methoxy groups -OCH3 is 1. The lowest BCUT2D eigenvalue weighted by Gasteiger charge is -2.18. The number of nitrogens with two attached hydrogens (primary N) is 1. The summed E-state index contributed by atoms with van der Waals surface area (Å²) >= 11 is 4.85. The quantitative estimate of drug-likeness (QED) is 0.607. The summed E-state index contributed by atoms with van der Waals surface area (Å²) in [5, 5.41) is 0. The van der Waals surface area contributed by atoms with Gasteiger partial charge in [0.15, 0.2) is 0 Å². The van der Waals surface area contributed by atoms with E-state index in [1.54, 1.807) is 18.2 Å². The number of thiocarbonyl (C=S) groups is 1. The Morgan fingerprint density at radius 1 is 1.40 bits per heavy atom. The van der Waals surface area contributed by atoms with Crippen molar-refractivity contribution in [2.75, 3.05) is 20.7 Å². The molecule has 1 aromatic rings. The average Bonchev–Trinajstić information content (AvgIpc) is 2.43. The second kappa shape index (κ2) is 6.78. The van der Waals surface area contributed by atoms with E-state index in [0.29, 0.717) is 0 Å². The molecule has 0 spiro atoms. The zero-order valence-corrected chi connectivity index (χ0v) is 12.8. The molecule has 0 unspecified atom stereocenters. The van der Waals surface area contributed by atoms with Crippen LogP contribution in [0.1, 0.15) is 12.0 Å². The van der Waals surface area contributed by atoms with Crippen LogP contribution in [0.25, 0.3) is 0 Å². The fourth-order valence-electron chi connectivity index (χ4n) is 1.53. The van der Waals surface area contributed by atoms with Gasteiger partial charge in [-0.25, -0.2) is 12.7 Å². The highest BCUT2D eigenvalue weighted by Crippen LogP contribution is 2.19. The number of ether oxygens (including phenoxy) is 1. The Hall–Kier alpha value is -1.51. The third-order valence-electron chi connectivity index (χ3n) is 2.70.